The van der Waals surface area contributed by atoms with Crippen LogP contribution in [0.25, 0.3) is 0 Å². The van der Waals surface area contributed by atoms with Crippen molar-refractivity contribution in [2.24, 2.45) is 5.92 Å². The van der Waals surface area contributed by atoms with Gasteiger partial charge in [0.2, 0.25) is 0 Å². The number of benzene rings is 1. The summed E-state index contributed by atoms with van der Waals surface area (Å²) in [7, 11) is 4.48. The van der Waals surface area contributed by atoms with Crippen molar-refractivity contribution in [2.45, 2.75) is 12.8 Å². The summed E-state index contributed by atoms with van der Waals surface area (Å²) in [4.78, 5) is 12.2. The fourth-order valence-electron chi connectivity index (χ4n) is 2.37. The highest BCUT2D eigenvalue weighted by Gasteiger charge is 2.30. The van der Waals surface area contributed by atoms with E-state index in [4.69, 9.17) is 0 Å². The van der Waals surface area contributed by atoms with Gasteiger partial charge in [-0.05, 0) is 0 Å². The average molecular weight is 218 g/mol. The van der Waals surface area contributed by atoms with Crippen molar-refractivity contribution in [1.29, 1.82) is 0 Å². The molecule has 2 rings (SSSR count). The summed E-state index contributed by atoms with van der Waals surface area (Å²) in [5, 5.41) is 0. The summed E-state index contributed by atoms with van der Waals surface area (Å²) < 4.78 is 1.05. The van der Waals surface area contributed by atoms with E-state index in [0.717, 1.165) is 36.0 Å². The van der Waals surface area contributed by atoms with Gasteiger partial charge in [-0.2, -0.15) is 0 Å². The number of carbonyl (C=O) groups excluding carboxylic acids is 1. The lowest BCUT2D eigenvalue weighted by molar-refractivity contribution is -0.895. The fraction of sp³-hybridized carbons (Fsp3) is 0.500. The predicted octanol–water partition coefficient (Wildman–Crippen LogP) is 2.36. The highest BCUT2D eigenvalue weighted by molar-refractivity contribution is 5.97. The molecule has 0 spiro atoms. The van der Waals surface area contributed by atoms with Crippen LogP contribution in [0, 0.1) is 5.92 Å². The van der Waals surface area contributed by atoms with Gasteiger partial charge in [0.15, 0.2) is 5.78 Å². The topological polar surface area (TPSA) is 17.1 Å². The van der Waals surface area contributed by atoms with Crippen LogP contribution in [0.5, 0.6) is 0 Å². The van der Waals surface area contributed by atoms with Gasteiger partial charge in [0.25, 0.3) is 0 Å². The minimum absolute atomic E-state index is 0.244. The summed E-state index contributed by atoms with van der Waals surface area (Å²) in [6.45, 7) is 2.23. The monoisotopic (exact) mass is 218 g/mol. The Bertz CT molecular complexity index is 360. The molecule has 1 fully saturated rings. The lowest BCUT2D eigenvalue weighted by atomic mass is 9.88. The molecule has 0 amide bonds. The average Bonchev–Trinajstić information content (AvgIpc) is 2.29. The molecular weight excluding hydrogens is 198 g/mol. The second kappa shape index (κ2) is 4.38. The van der Waals surface area contributed by atoms with Crippen LogP contribution in [0.2, 0.25) is 0 Å². The zero-order valence-corrected chi connectivity index (χ0v) is 10.1. The molecule has 86 valence electrons. The first-order valence-corrected chi connectivity index (χ1v) is 6.00. The number of nitrogens with zero attached hydrogens (tertiary/aromatic N) is 1. The van der Waals surface area contributed by atoms with Crippen LogP contribution in [-0.4, -0.2) is 37.5 Å². The molecular formula is C14H20NO+. The van der Waals surface area contributed by atoms with Crippen molar-refractivity contribution in [3.63, 3.8) is 0 Å². The Balaban J connectivity index is 2.03. The largest absolute Gasteiger partial charge is 0.328 e. The molecule has 1 aliphatic heterocycles. The Hall–Kier alpha value is -1.15. The van der Waals surface area contributed by atoms with Crippen LogP contribution >= 0.6 is 0 Å². The third kappa shape index (κ3) is 2.50. The Labute approximate surface area is 97.5 Å². The predicted molar refractivity (Wildman–Crippen MR) is 65.3 cm³/mol. The minimum atomic E-state index is 0.244. The third-order valence-electron chi connectivity index (χ3n) is 3.59. The van der Waals surface area contributed by atoms with Crippen molar-refractivity contribution in [3.05, 3.63) is 35.9 Å². The summed E-state index contributed by atoms with van der Waals surface area (Å²) in [6, 6.07) is 9.69. The molecule has 2 nitrogen and oxygen atoms in total. The molecule has 1 aliphatic rings. The first-order valence-electron chi connectivity index (χ1n) is 6.00. The van der Waals surface area contributed by atoms with E-state index in [0.29, 0.717) is 5.78 Å². The number of Topliss-reactive ketones (excluding diaryl/α,β-unsaturated/α-hetero) is 1. The first kappa shape index (κ1) is 11.3. The number of hydrogen-bond acceptors (Lipinski definition) is 1. The molecule has 1 heterocycles. The Morgan fingerprint density at radius 3 is 2.25 bits per heavy atom. The van der Waals surface area contributed by atoms with Crippen LogP contribution in [0.1, 0.15) is 23.2 Å². The molecule has 1 aromatic carbocycles. The highest BCUT2D eigenvalue weighted by atomic mass is 16.1. The molecule has 0 unspecified atom stereocenters. The number of piperidine rings is 1. The van der Waals surface area contributed by atoms with E-state index in [2.05, 4.69) is 14.1 Å². The van der Waals surface area contributed by atoms with Gasteiger partial charge in [-0.1, -0.05) is 30.3 Å². The van der Waals surface area contributed by atoms with E-state index >= 15 is 0 Å². The minimum Gasteiger partial charge on any atom is -0.328 e. The number of carbonyl (C=O) groups is 1. The van der Waals surface area contributed by atoms with Crippen LogP contribution in [0.15, 0.2) is 30.3 Å². The van der Waals surface area contributed by atoms with Gasteiger partial charge in [0, 0.05) is 24.3 Å². The lowest BCUT2D eigenvalue weighted by Gasteiger charge is -2.36. The number of likely N-dealkylation sites (tertiary alicyclic amines) is 1. The smallest absolute Gasteiger partial charge is 0.166 e. The Morgan fingerprint density at radius 2 is 1.69 bits per heavy atom. The summed E-state index contributed by atoms with van der Waals surface area (Å²) >= 11 is 0. The van der Waals surface area contributed by atoms with E-state index in [1.807, 2.05) is 30.3 Å². The Kier molecular flexibility index (Phi) is 3.10. The molecule has 0 atom stereocenters. The van der Waals surface area contributed by atoms with Crippen molar-refractivity contribution in [2.75, 3.05) is 27.2 Å². The van der Waals surface area contributed by atoms with E-state index in [-0.39, 0.29) is 5.92 Å². The zero-order chi connectivity index (χ0) is 11.6. The van der Waals surface area contributed by atoms with Crippen molar-refractivity contribution >= 4 is 5.78 Å². The summed E-state index contributed by atoms with van der Waals surface area (Å²) in [5.41, 5.74) is 0.875. The highest BCUT2D eigenvalue weighted by Crippen LogP contribution is 2.23. The SMILES string of the molecule is C[N+]1(C)CCC(C(=O)c2ccccc2)CC1. The number of hydrogen-bond donors (Lipinski definition) is 0. The molecule has 0 saturated carbocycles. The van der Waals surface area contributed by atoms with Crippen LogP contribution in [0.3, 0.4) is 0 Å². The standard InChI is InChI=1S/C14H20NO/c1-15(2)10-8-13(9-11-15)14(16)12-6-4-3-5-7-12/h3-7,13H,8-11H2,1-2H3/q+1. The molecule has 0 N–H and O–H groups in total. The molecule has 0 aliphatic carbocycles. The van der Waals surface area contributed by atoms with E-state index in [9.17, 15) is 4.79 Å². The van der Waals surface area contributed by atoms with Gasteiger partial charge in [-0.3, -0.25) is 4.79 Å². The van der Waals surface area contributed by atoms with E-state index in [1.165, 1.54) is 0 Å². The molecule has 0 aromatic heterocycles. The van der Waals surface area contributed by atoms with Gasteiger partial charge < -0.3 is 4.48 Å². The van der Waals surface area contributed by atoms with Crippen LogP contribution in [-0.2, 0) is 0 Å². The molecule has 2 heteroatoms. The maximum Gasteiger partial charge on any atom is 0.166 e. The van der Waals surface area contributed by atoms with Gasteiger partial charge in [-0.25, -0.2) is 0 Å². The van der Waals surface area contributed by atoms with Crippen molar-refractivity contribution < 1.29 is 9.28 Å². The van der Waals surface area contributed by atoms with Crippen LogP contribution < -0.4 is 0 Å². The third-order valence-corrected chi connectivity index (χ3v) is 3.59. The molecule has 1 aromatic rings. The summed E-state index contributed by atoms with van der Waals surface area (Å²) in [6.07, 6.45) is 2.06. The molecule has 16 heavy (non-hydrogen) atoms. The second-order valence-corrected chi connectivity index (χ2v) is 5.39. The van der Waals surface area contributed by atoms with Crippen molar-refractivity contribution in [3.8, 4) is 0 Å². The van der Waals surface area contributed by atoms with Gasteiger partial charge in [0.05, 0.1) is 27.2 Å². The van der Waals surface area contributed by atoms with Gasteiger partial charge in [-0.15, -0.1) is 0 Å². The normalized spacial score (nSPS) is 20.6. The van der Waals surface area contributed by atoms with Gasteiger partial charge >= 0.3 is 0 Å². The van der Waals surface area contributed by atoms with E-state index < -0.39 is 0 Å². The Morgan fingerprint density at radius 1 is 1.12 bits per heavy atom. The zero-order valence-electron chi connectivity index (χ0n) is 10.1. The maximum absolute atomic E-state index is 12.2. The number of rotatable bonds is 2. The fourth-order valence-corrected chi connectivity index (χ4v) is 2.37. The lowest BCUT2D eigenvalue weighted by Crippen LogP contribution is -2.47. The number of quaternary nitrogens is 1. The van der Waals surface area contributed by atoms with E-state index in [1.54, 1.807) is 0 Å². The first-order chi connectivity index (χ1) is 7.58. The van der Waals surface area contributed by atoms with Gasteiger partial charge in [0.1, 0.15) is 0 Å². The molecule has 1 saturated heterocycles. The quantitative estimate of drug-likeness (QED) is 0.550. The van der Waals surface area contributed by atoms with Crippen LogP contribution in [0.4, 0.5) is 0 Å². The van der Waals surface area contributed by atoms with Crippen molar-refractivity contribution in [1.82, 2.24) is 0 Å². The number of ketones is 1. The maximum atomic E-state index is 12.2. The summed E-state index contributed by atoms with van der Waals surface area (Å²) in [5.74, 6) is 0.578. The molecule has 0 radical (unpaired) electrons. The second-order valence-electron chi connectivity index (χ2n) is 5.39. The molecule has 0 bridgehead atoms.